The van der Waals surface area contributed by atoms with E-state index in [-0.39, 0.29) is 35.2 Å². The fourth-order valence-corrected chi connectivity index (χ4v) is 9.08. The first kappa shape index (κ1) is 46.6. The summed E-state index contributed by atoms with van der Waals surface area (Å²) in [7, 11) is -4.09. The first-order valence-electron chi connectivity index (χ1n) is 18.8. The molecule has 19 nitrogen and oxygen atoms in total. The first-order valence-corrected chi connectivity index (χ1v) is 22.1. The number of aromatic nitrogens is 6. The summed E-state index contributed by atoms with van der Waals surface area (Å²) < 4.78 is 66.9. The molecule has 0 unspecified atom stereocenters. The smallest absolute Gasteiger partial charge is 0.324 e. The monoisotopic (exact) mass is 862 g/mol. The Bertz CT molecular complexity index is 2190. The second-order valence-electron chi connectivity index (χ2n) is 15.0. The number of carboxylic acid groups (broad SMARTS) is 1. The largest absolute Gasteiger partial charge is 0.497 e. The third-order valence-corrected chi connectivity index (χ3v) is 15.4. The maximum atomic E-state index is 12.9. The number of aromatic amines is 2. The number of H-pyrrole nitrogens is 2. The molecule has 4 aromatic rings. The first-order chi connectivity index (χ1) is 27.8. The molecule has 0 aliphatic carbocycles. The molecule has 2 saturated heterocycles. The van der Waals surface area contributed by atoms with Crippen molar-refractivity contribution < 1.29 is 50.5 Å². The third kappa shape index (κ3) is 12.4. The normalized spacial score (nSPS) is 15.5. The van der Waals surface area contributed by atoms with Crippen molar-refractivity contribution in [1.82, 2.24) is 30.4 Å². The molecule has 2 aromatic heterocycles. The number of nitrogens with zero attached hydrogens (tertiary/aromatic N) is 4. The summed E-state index contributed by atoms with van der Waals surface area (Å²) in [5.41, 5.74) is 7.07. The van der Waals surface area contributed by atoms with Gasteiger partial charge in [-0.1, -0.05) is 0 Å². The molecule has 21 heteroatoms. The zero-order valence-electron chi connectivity index (χ0n) is 34.1. The molecular weight excluding hydrogens is 809 g/mol. The van der Waals surface area contributed by atoms with Crippen molar-refractivity contribution in [2.45, 2.75) is 62.9 Å². The van der Waals surface area contributed by atoms with E-state index in [1.54, 1.807) is 38.5 Å². The molecule has 6 N–H and O–H groups in total. The molecule has 2 aliphatic heterocycles. The van der Waals surface area contributed by atoms with Crippen molar-refractivity contribution in [1.29, 1.82) is 0 Å². The van der Waals surface area contributed by atoms with Gasteiger partial charge in [-0.15, -0.1) is 10.2 Å². The quantitative estimate of drug-likeness (QED) is 0.128. The molecule has 4 heterocycles. The summed E-state index contributed by atoms with van der Waals surface area (Å²) in [5, 5.41) is 24.6. The Hall–Kier alpha value is -5.12. The number of hydrogen-bond donors (Lipinski definition) is 5. The maximum Gasteiger partial charge on any atom is 0.324 e. The molecule has 0 spiro atoms. The van der Waals surface area contributed by atoms with Gasteiger partial charge in [-0.05, 0) is 114 Å². The fraction of sp³-hybridized carbons (Fsp3) is 0.526. The average molecular weight is 863 g/mol. The van der Waals surface area contributed by atoms with Crippen molar-refractivity contribution in [2.24, 2.45) is 11.8 Å². The van der Waals surface area contributed by atoms with E-state index in [9.17, 15) is 26.4 Å². The fourth-order valence-electron chi connectivity index (χ4n) is 5.74. The standard InChI is InChI=1S/C19H26N4O5S.C10H18O5S.C9H10N4O/c1-19(2,29(25,26)12-13-8-10-28-11-9-13)17(24)21-18-20-16(22-23-18)14-4-6-15(27-3)7-5-14;1-10(2,9(11)12)16(13,14)7-8-3-5-15-6-4-8;1-14-7-4-2-6(3-5-7)8-11-9(10)13-12-8/h4-7,13H,8-12H2,1-3H3,(H2,20,21,22,23,24);8H,3-7H2,1-2H3,(H,11,12);2-5H,1H3,(H3,10,11,12,13). The van der Waals surface area contributed by atoms with Crippen LogP contribution in [0.15, 0.2) is 48.5 Å². The highest BCUT2D eigenvalue weighted by molar-refractivity contribution is 7.93. The number of carbonyl (C=O) groups excluding carboxylic acids is 1. The lowest BCUT2D eigenvalue weighted by molar-refractivity contribution is -0.139. The number of nitrogens with two attached hydrogens (primary N) is 1. The molecule has 59 heavy (non-hydrogen) atoms. The van der Waals surface area contributed by atoms with Crippen molar-refractivity contribution in [3.63, 3.8) is 0 Å². The second kappa shape index (κ2) is 20.2. The van der Waals surface area contributed by atoms with Gasteiger partial charge in [0.15, 0.2) is 36.1 Å². The Balaban J connectivity index is 0.000000216. The van der Waals surface area contributed by atoms with Gasteiger partial charge in [0.05, 0.1) is 25.7 Å². The van der Waals surface area contributed by atoms with Gasteiger partial charge in [0.2, 0.25) is 17.8 Å². The molecule has 0 atom stereocenters. The van der Waals surface area contributed by atoms with E-state index in [1.165, 1.54) is 27.7 Å². The number of sulfone groups is 2. The average Bonchev–Trinajstić information content (AvgIpc) is 3.87. The number of aliphatic carboxylic acids is 1. The van der Waals surface area contributed by atoms with Gasteiger partial charge in [-0.25, -0.2) is 16.8 Å². The summed E-state index contributed by atoms with van der Waals surface area (Å²) in [6.45, 7) is 7.54. The molecule has 0 saturated carbocycles. The Kier molecular flexibility index (Phi) is 16.0. The summed E-state index contributed by atoms with van der Waals surface area (Å²) in [5.74, 6) is 0.867. The van der Waals surface area contributed by atoms with E-state index in [0.29, 0.717) is 69.5 Å². The maximum absolute atomic E-state index is 12.9. The Morgan fingerprint density at radius 1 is 0.729 bits per heavy atom. The molecular formula is C38H54N8O11S2. The van der Waals surface area contributed by atoms with Crippen LogP contribution in [0.2, 0.25) is 0 Å². The van der Waals surface area contributed by atoms with Gasteiger partial charge in [-0.3, -0.25) is 25.1 Å². The lowest BCUT2D eigenvalue weighted by atomic mass is 10.0. The zero-order chi connectivity index (χ0) is 43.4. The number of anilines is 2. The minimum Gasteiger partial charge on any atom is -0.497 e. The number of methoxy groups -OCH3 is 2. The third-order valence-electron chi connectivity index (χ3n) is 10.1. The number of benzene rings is 2. The number of carboxylic acids is 1. The Morgan fingerprint density at radius 3 is 1.53 bits per heavy atom. The minimum absolute atomic E-state index is 0.00556. The highest BCUT2D eigenvalue weighted by atomic mass is 32.2. The molecule has 2 aromatic carbocycles. The van der Waals surface area contributed by atoms with Crippen LogP contribution in [-0.2, 0) is 38.7 Å². The minimum atomic E-state index is -3.68. The van der Waals surface area contributed by atoms with Crippen LogP contribution in [-0.4, -0.2) is 126 Å². The van der Waals surface area contributed by atoms with Gasteiger partial charge in [0.25, 0.3) is 0 Å². The number of amides is 1. The van der Waals surface area contributed by atoms with E-state index in [2.05, 4.69) is 35.7 Å². The SMILES string of the molecule is CC(C)(C(=O)O)S(=O)(=O)CC1CCOCC1.COc1ccc(-c2nc(N)n[nH]2)cc1.COc1ccc(-c2nc(NC(=O)C(C)(C)S(=O)(=O)CC3CCOCC3)n[nH]2)cc1. The zero-order valence-corrected chi connectivity index (χ0v) is 35.7. The van der Waals surface area contributed by atoms with Gasteiger partial charge in [0.1, 0.15) is 16.2 Å². The molecule has 0 bridgehead atoms. The van der Waals surface area contributed by atoms with Crippen LogP contribution >= 0.6 is 0 Å². The molecule has 2 aliphatic rings. The summed E-state index contributed by atoms with van der Waals surface area (Å²) >= 11 is 0. The topological polar surface area (TPSA) is 281 Å². The lowest BCUT2D eigenvalue weighted by Gasteiger charge is -2.27. The van der Waals surface area contributed by atoms with Gasteiger partial charge in [0, 0.05) is 37.6 Å². The predicted octanol–water partition coefficient (Wildman–Crippen LogP) is 3.79. The summed E-state index contributed by atoms with van der Waals surface area (Å²) in [6, 6.07) is 14.6. The number of ether oxygens (including phenoxy) is 4. The molecule has 2 fully saturated rings. The number of carbonyl (C=O) groups is 2. The van der Waals surface area contributed by atoms with E-state index in [4.69, 9.17) is 29.8 Å². The number of nitrogens with one attached hydrogen (secondary N) is 3. The van der Waals surface area contributed by atoms with Crippen LogP contribution in [0.1, 0.15) is 53.4 Å². The van der Waals surface area contributed by atoms with E-state index in [0.717, 1.165) is 16.9 Å². The lowest BCUT2D eigenvalue weighted by Crippen LogP contribution is -2.47. The van der Waals surface area contributed by atoms with Crippen LogP contribution < -0.4 is 20.5 Å². The number of rotatable bonds is 13. The number of nitrogen functional groups attached to an aromatic ring is 1. The van der Waals surface area contributed by atoms with E-state index >= 15 is 0 Å². The highest BCUT2D eigenvalue weighted by Gasteiger charge is 2.44. The van der Waals surface area contributed by atoms with Crippen molar-refractivity contribution >= 4 is 43.4 Å². The van der Waals surface area contributed by atoms with Crippen LogP contribution in [0.3, 0.4) is 0 Å². The summed E-state index contributed by atoms with van der Waals surface area (Å²) in [6.07, 6.45) is 2.75. The molecule has 324 valence electrons. The molecule has 0 radical (unpaired) electrons. The van der Waals surface area contributed by atoms with Gasteiger partial charge in [-0.2, -0.15) is 9.97 Å². The number of hydrogen-bond acceptors (Lipinski definition) is 15. The van der Waals surface area contributed by atoms with Crippen LogP contribution in [0.5, 0.6) is 11.5 Å². The predicted molar refractivity (Wildman–Crippen MR) is 220 cm³/mol. The van der Waals surface area contributed by atoms with Crippen LogP contribution in [0, 0.1) is 11.8 Å². The van der Waals surface area contributed by atoms with Crippen molar-refractivity contribution in [2.75, 3.05) is 63.2 Å². The Labute approximate surface area is 344 Å². The highest BCUT2D eigenvalue weighted by Crippen LogP contribution is 2.27. The molecule has 6 rings (SSSR count). The van der Waals surface area contributed by atoms with Gasteiger partial charge >= 0.3 is 5.97 Å². The molecule has 1 amide bonds. The van der Waals surface area contributed by atoms with E-state index in [1.807, 2.05) is 24.3 Å². The van der Waals surface area contributed by atoms with Gasteiger partial charge < -0.3 is 29.8 Å². The van der Waals surface area contributed by atoms with Crippen molar-refractivity contribution in [3.05, 3.63) is 48.5 Å². The Morgan fingerprint density at radius 2 is 1.14 bits per heavy atom. The van der Waals surface area contributed by atoms with Crippen LogP contribution in [0.4, 0.5) is 11.9 Å². The summed E-state index contributed by atoms with van der Waals surface area (Å²) in [4.78, 5) is 31.9. The van der Waals surface area contributed by atoms with Crippen molar-refractivity contribution in [3.8, 4) is 34.3 Å². The van der Waals surface area contributed by atoms with E-state index < -0.39 is 41.0 Å². The van der Waals surface area contributed by atoms with Crippen LogP contribution in [0.25, 0.3) is 22.8 Å². The second-order valence-corrected chi connectivity index (χ2v) is 20.1.